The normalized spacial score (nSPS) is 18.8. The van der Waals surface area contributed by atoms with E-state index in [-0.39, 0.29) is 5.69 Å². The summed E-state index contributed by atoms with van der Waals surface area (Å²) >= 11 is 0. The number of carbonyl (C=O) groups excluding carboxylic acids is 1. The average Bonchev–Trinajstić information content (AvgIpc) is 2.55. The molecule has 0 aromatic heterocycles. The molecule has 1 amide bonds. The van der Waals surface area contributed by atoms with Crippen molar-refractivity contribution in [2.45, 2.75) is 19.1 Å². The van der Waals surface area contributed by atoms with Crippen molar-refractivity contribution in [3.8, 4) is 11.5 Å². The van der Waals surface area contributed by atoms with E-state index >= 15 is 0 Å². The minimum Gasteiger partial charge on any atom is -0.482 e. The molecule has 1 heterocycles. The first kappa shape index (κ1) is 15.7. The monoisotopic (exact) mass is 332 g/mol. The Hall–Kier alpha value is -3.16. The van der Waals surface area contributed by atoms with E-state index in [2.05, 4.69) is 5.32 Å². The van der Waals surface area contributed by atoms with E-state index in [4.69, 9.17) is 9.47 Å². The van der Waals surface area contributed by atoms with Crippen LogP contribution in [-0.2, 0) is 4.79 Å². The smallest absolute Gasteiger partial charge is 0.306 e. The maximum Gasteiger partial charge on any atom is 0.306 e. The van der Waals surface area contributed by atoms with E-state index in [1.54, 1.807) is 31.2 Å². The highest BCUT2D eigenvalue weighted by Crippen LogP contribution is 2.33. The van der Waals surface area contributed by atoms with Crippen LogP contribution in [-0.4, -0.2) is 23.0 Å². The molecule has 2 aromatic carbocycles. The summed E-state index contributed by atoms with van der Waals surface area (Å²) in [6.07, 6.45) is -1.50. The van der Waals surface area contributed by atoms with Gasteiger partial charge in [0.15, 0.2) is 11.5 Å². The minimum absolute atomic E-state index is 0.0998. The second-order valence-electron chi connectivity index (χ2n) is 5.22. The van der Waals surface area contributed by atoms with Gasteiger partial charge in [-0.25, -0.2) is 0 Å². The Morgan fingerprint density at radius 2 is 1.88 bits per heavy atom. The standard InChI is InChI=1S/C16H13FN2O5/c1-9-15(24-14-5-3-2-4-13(14)23-9)16(20)18-10-6-7-11(17)12(8-10)19(21)22/h2-9,15H,1H3,(H,18,20). The van der Waals surface area contributed by atoms with Crippen LogP contribution in [0.2, 0.25) is 0 Å². The number of ether oxygens (including phenoxy) is 2. The van der Waals surface area contributed by atoms with Gasteiger partial charge in [-0.1, -0.05) is 12.1 Å². The Labute approximate surface area is 136 Å². The quantitative estimate of drug-likeness (QED) is 0.689. The van der Waals surface area contributed by atoms with Crippen LogP contribution in [0.25, 0.3) is 0 Å². The van der Waals surface area contributed by atoms with E-state index in [1.807, 2.05) is 0 Å². The number of hydrogen-bond acceptors (Lipinski definition) is 5. The van der Waals surface area contributed by atoms with Crippen molar-refractivity contribution in [3.05, 3.63) is 58.4 Å². The lowest BCUT2D eigenvalue weighted by atomic mass is 10.1. The predicted molar refractivity (Wildman–Crippen MR) is 82.6 cm³/mol. The number of nitrogens with zero attached hydrogens (tertiary/aromatic N) is 1. The molecule has 0 saturated carbocycles. The zero-order chi connectivity index (χ0) is 17.3. The molecule has 2 atom stereocenters. The summed E-state index contributed by atoms with van der Waals surface area (Å²) in [5, 5.41) is 13.2. The number of fused-ring (bicyclic) bond motifs is 1. The summed E-state index contributed by atoms with van der Waals surface area (Å²) in [7, 11) is 0. The van der Waals surface area contributed by atoms with Gasteiger partial charge in [0.05, 0.1) is 4.92 Å². The van der Waals surface area contributed by atoms with Gasteiger partial charge in [0, 0.05) is 11.8 Å². The summed E-state index contributed by atoms with van der Waals surface area (Å²) in [5.74, 6) is -0.553. The van der Waals surface area contributed by atoms with E-state index in [1.165, 1.54) is 6.07 Å². The molecule has 0 fully saturated rings. The Morgan fingerprint density at radius 3 is 2.54 bits per heavy atom. The minimum atomic E-state index is -0.974. The highest BCUT2D eigenvalue weighted by atomic mass is 19.1. The van der Waals surface area contributed by atoms with Crippen LogP contribution < -0.4 is 14.8 Å². The molecule has 7 nitrogen and oxygen atoms in total. The number of nitro benzene ring substituents is 1. The summed E-state index contributed by atoms with van der Waals surface area (Å²) in [6, 6.07) is 10.0. The molecule has 1 N–H and O–H groups in total. The van der Waals surface area contributed by atoms with Crippen molar-refractivity contribution < 1.29 is 23.6 Å². The van der Waals surface area contributed by atoms with Crippen molar-refractivity contribution in [1.29, 1.82) is 0 Å². The molecule has 2 aromatic rings. The summed E-state index contributed by atoms with van der Waals surface area (Å²) in [6.45, 7) is 1.67. The maximum atomic E-state index is 13.3. The molecule has 3 rings (SSSR count). The van der Waals surface area contributed by atoms with Crippen LogP contribution in [0.1, 0.15) is 6.92 Å². The van der Waals surface area contributed by atoms with Crippen molar-refractivity contribution in [1.82, 2.24) is 0 Å². The lowest BCUT2D eigenvalue weighted by molar-refractivity contribution is -0.387. The number of carbonyl (C=O) groups is 1. The third-order valence-corrected chi connectivity index (χ3v) is 3.51. The highest BCUT2D eigenvalue weighted by Gasteiger charge is 2.34. The number of nitro groups is 1. The Morgan fingerprint density at radius 1 is 1.21 bits per heavy atom. The van der Waals surface area contributed by atoms with Crippen LogP contribution in [0.5, 0.6) is 11.5 Å². The zero-order valence-electron chi connectivity index (χ0n) is 12.6. The molecular weight excluding hydrogens is 319 g/mol. The number of benzene rings is 2. The van der Waals surface area contributed by atoms with Crippen molar-refractivity contribution >= 4 is 17.3 Å². The van der Waals surface area contributed by atoms with Gasteiger partial charge in [0.2, 0.25) is 11.9 Å². The molecule has 0 spiro atoms. The molecule has 0 saturated heterocycles. The Balaban J connectivity index is 1.78. The topological polar surface area (TPSA) is 90.7 Å². The van der Waals surface area contributed by atoms with Gasteiger partial charge in [-0.15, -0.1) is 0 Å². The van der Waals surface area contributed by atoms with Gasteiger partial charge in [0.25, 0.3) is 5.91 Å². The van der Waals surface area contributed by atoms with E-state index < -0.39 is 34.5 Å². The fraction of sp³-hybridized carbons (Fsp3) is 0.188. The first-order chi connectivity index (χ1) is 11.5. The fourth-order valence-corrected chi connectivity index (χ4v) is 2.35. The lowest BCUT2D eigenvalue weighted by Crippen LogP contribution is -2.46. The van der Waals surface area contributed by atoms with Gasteiger partial charge in [-0.2, -0.15) is 4.39 Å². The molecule has 1 aliphatic heterocycles. The molecule has 124 valence electrons. The van der Waals surface area contributed by atoms with E-state index in [0.29, 0.717) is 11.5 Å². The van der Waals surface area contributed by atoms with Gasteiger partial charge in [0.1, 0.15) is 6.10 Å². The summed E-state index contributed by atoms with van der Waals surface area (Å²) in [4.78, 5) is 22.3. The van der Waals surface area contributed by atoms with Crippen LogP contribution in [0, 0.1) is 15.9 Å². The number of hydrogen-bond donors (Lipinski definition) is 1. The summed E-state index contributed by atoms with van der Waals surface area (Å²) < 4.78 is 24.6. The number of halogens is 1. The number of para-hydroxylation sites is 2. The Bertz CT molecular complexity index is 811. The third-order valence-electron chi connectivity index (χ3n) is 3.51. The molecule has 24 heavy (non-hydrogen) atoms. The van der Waals surface area contributed by atoms with Crippen LogP contribution in [0.3, 0.4) is 0 Å². The largest absolute Gasteiger partial charge is 0.482 e. The van der Waals surface area contributed by atoms with E-state index in [9.17, 15) is 19.3 Å². The first-order valence-electron chi connectivity index (χ1n) is 7.13. The fourth-order valence-electron chi connectivity index (χ4n) is 2.35. The molecule has 0 radical (unpaired) electrons. The maximum absolute atomic E-state index is 13.3. The number of nitrogens with one attached hydrogen (secondary N) is 1. The highest BCUT2D eigenvalue weighted by molar-refractivity contribution is 5.95. The molecule has 1 aliphatic rings. The number of rotatable bonds is 3. The van der Waals surface area contributed by atoms with Gasteiger partial charge in [-0.05, 0) is 31.2 Å². The SMILES string of the molecule is CC1Oc2ccccc2OC1C(=O)Nc1ccc(F)c([N+](=O)[O-])c1. The van der Waals surface area contributed by atoms with Gasteiger partial charge < -0.3 is 14.8 Å². The molecule has 0 aliphatic carbocycles. The molecule has 2 unspecified atom stereocenters. The van der Waals surface area contributed by atoms with Gasteiger partial charge >= 0.3 is 5.69 Å². The second kappa shape index (κ2) is 6.15. The predicted octanol–water partition coefficient (Wildman–Crippen LogP) is 2.90. The lowest BCUT2D eigenvalue weighted by Gasteiger charge is -2.30. The van der Waals surface area contributed by atoms with Crippen LogP contribution in [0.15, 0.2) is 42.5 Å². The summed E-state index contributed by atoms with van der Waals surface area (Å²) in [5.41, 5.74) is -0.616. The zero-order valence-corrected chi connectivity index (χ0v) is 12.6. The molecule has 8 heteroatoms. The number of amides is 1. The van der Waals surface area contributed by atoms with Crippen molar-refractivity contribution in [3.63, 3.8) is 0 Å². The number of anilines is 1. The second-order valence-corrected chi connectivity index (χ2v) is 5.22. The van der Waals surface area contributed by atoms with Crippen molar-refractivity contribution in [2.75, 3.05) is 5.32 Å². The Kier molecular flexibility index (Phi) is 4.03. The van der Waals surface area contributed by atoms with E-state index in [0.717, 1.165) is 12.1 Å². The molecular formula is C16H13FN2O5. The van der Waals surface area contributed by atoms with Crippen LogP contribution >= 0.6 is 0 Å². The van der Waals surface area contributed by atoms with Crippen LogP contribution in [0.4, 0.5) is 15.8 Å². The average molecular weight is 332 g/mol. The first-order valence-corrected chi connectivity index (χ1v) is 7.13. The van der Waals surface area contributed by atoms with Gasteiger partial charge in [-0.3, -0.25) is 14.9 Å². The van der Waals surface area contributed by atoms with Crippen molar-refractivity contribution in [2.24, 2.45) is 0 Å². The third kappa shape index (κ3) is 2.98. The molecule has 0 bridgehead atoms.